The summed E-state index contributed by atoms with van der Waals surface area (Å²) in [5, 5.41) is 13.3. The lowest BCUT2D eigenvalue weighted by Gasteiger charge is -2.34. The molecule has 11 heteroatoms. The van der Waals surface area contributed by atoms with Crippen LogP contribution in [0.15, 0.2) is 77.3 Å². The van der Waals surface area contributed by atoms with E-state index in [-0.39, 0.29) is 35.7 Å². The van der Waals surface area contributed by atoms with Gasteiger partial charge in [0.1, 0.15) is 23.0 Å². The molecule has 224 valence electrons. The third-order valence-corrected chi connectivity index (χ3v) is 7.65. The average Bonchev–Trinajstić information content (AvgIpc) is 3.75. The van der Waals surface area contributed by atoms with Crippen molar-refractivity contribution in [1.82, 2.24) is 5.16 Å². The predicted molar refractivity (Wildman–Crippen MR) is 151 cm³/mol. The lowest BCUT2D eigenvalue weighted by atomic mass is 10.0. The number of nitrogens with zero attached hydrogens (tertiary/aromatic N) is 2. The number of halogens is 3. The summed E-state index contributed by atoms with van der Waals surface area (Å²) in [7, 11) is 0. The molecule has 0 spiro atoms. The molecule has 8 nitrogen and oxygen atoms in total. The fourth-order valence-electron chi connectivity index (χ4n) is 5.44. The minimum atomic E-state index is -4.84. The Balaban J connectivity index is 1.15. The largest absolute Gasteiger partial charge is 0.573 e. The number of benzene rings is 3. The molecular formula is C32H29F3N2O6. The molecule has 2 fully saturated rings. The van der Waals surface area contributed by atoms with Gasteiger partial charge in [0.05, 0.1) is 12.7 Å². The van der Waals surface area contributed by atoms with E-state index in [1.54, 1.807) is 12.1 Å². The van der Waals surface area contributed by atoms with E-state index < -0.39 is 12.5 Å². The third-order valence-electron chi connectivity index (χ3n) is 7.65. The molecule has 1 saturated carbocycles. The van der Waals surface area contributed by atoms with Crippen molar-refractivity contribution in [1.29, 1.82) is 0 Å². The molecule has 1 aliphatic heterocycles. The summed E-state index contributed by atoms with van der Waals surface area (Å²) in [5.41, 5.74) is 3.63. The van der Waals surface area contributed by atoms with Gasteiger partial charge in [0.2, 0.25) is 0 Å². The first-order chi connectivity index (χ1) is 20.7. The van der Waals surface area contributed by atoms with Crippen LogP contribution in [-0.2, 0) is 11.3 Å². The number of anilines is 1. The Bertz CT molecular complexity index is 1580. The second-order valence-electron chi connectivity index (χ2n) is 10.6. The van der Waals surface area contributed by atoms with Crippen LogP contribution in [0.25, 0.3) is 22.4 Å². The van der Waals surface area contributed by atoms with Crippen molar-refractivity contribution in [3.05, 3.63) is 84.1 Å². The number of hydrogen-bond acceptors (Lipinski definition) is 7. The fraction of sp³-hybridized carbons (Fsp3) is 0.312. The number of ether oxygens (including phenoxy) is 3. The number of carboxylic acid groups (broad SMARTS) is 1. The third kappa shape index (κ3) is 6.77. The van der Waals surface area contributed by atoms with Crippen LogP contribution in [0.1, 0.15) is 42.9 Å². The molecule has 0 atom stereocenters. The smallest absolute Gasteiger partial charge is 0.449 e. The number of aromatic nitrogens is 1. The topological polar surface area (TPSA) is 94.3 Å². The van der Waals surface area contributed by atoms with Crippen LogP contribution in [0.4, 0.5) is 23.7 Å². The van der Waals surface area contributed by atoms with Crippen molar-refractivity contribution in [3.63, 3.8) is 0 Å². The van der Waals surface area contributed by atoms with Crippen molar-refractivity contribution < 1.29 is 41.8 Å². The van der Waals surface area contributed by atoms with E-state index in [4.69, 9.17) is 14.0 Å². The lowest BCUT2D eigenvalue weighted by Crippen LogP contribution is -2.37. The minimum Gasteiger partial charge on any atom is -0.449 e. The van der Waals surface area contributed by atoms with Gasteiger partial charge in [-0.25, -0.2) is 4.79 Å². The highest BCUT2D eigenvalue weighted by molar-refractivity contribution is 5.77. The molecule has 0 radical (unpaired) electrons. The predicted octanol–water partition coefficient (Wildman–Crippen LogP) is 8.03. The first-order valence-electron chi connectivity index (χ1n) is 14.1. The van der Waals surface area contributed by atoms with Crippen LogP contribution in [0.5, 0.6) is 11.5 Å². The highest BCUT2D eigenvalue weighted by Gasteiger charge is 2.36. The highest BCUT2D eigenvalue weighted by atomic mass is 19.4. The molecular weight excluding hydrogens is 565 g/mol. The second kappa shape index (κ2) is 12.0. The first kappa shape index (κ1) is 28.6. The Morgan fingerprint density at radius 3 is 2.35 bits per heavy atom. The maximum atomic E-state index is 13.1. The van der Waals surface area contributed by atoms with Crippen molar-refractivity contribution in [2.75, 3.05) is 18.0 Å². The number of hydrogen-bond donors (Lipinski definition) is 1. The van der Waals surface area contributed by atoms with Gasteiger partial charge in [0.15, 0.2) is 0 Å². The first-order valence-corrected chi connectivity index (χ1v) is 14.1. The molecule has 4 aromatic rings. The number of piperidine rings is 1. The molecule has 3 aromatic carbocycles. The van der Waals surface area contributed by atoms with Gasteiger partial charge >= 0.3 is 12.5 Å². The molecule has 2 aliphatic rings. The van der Waals surface area contributed by atoms with Gasteiger partial charge in [-0.3, -0.25) is 0 Å². The van der Waals surface area contributed by atoms with E-state index >= 15 is 0 Å². The maximum absolute atomic E-state index is 13.1. The molecule has 1 aromatic heterocycles. The molecule has 0 unspecified atom stereocenters. The summed E-state index contributed by atoms with van der Waals surface area (Å²) in [6.07, 6.45) is -2.97. The minimum absolute atomic E-state index is 0.0732. The summed E-state index contributed by atoms with van der Waals surface area (Å²) >= 11 is 0. The number of rotatable bonds is 9. The van der Waals surface area contributed by atoms with E-state index in [9.17, 15) is 23.1 Å². The standard InChI is InChI=1S/C32H29F3N2O6/c33-32(34,35)42-28-9-5-4-8-24(28)29-26(30(43-36-29)21-10-11-21)19-40-23-14-16-37(17-15-23)22-12-13-27(41-31(38)39)25(18-22)20-6-2-1-3-7-20/h1-9,12-13,18,21,23H,10-11,14-17,19H2,(H,38,39). The Labute approximate surface area is 245 Å². The van der Waals surface area contributed by atoms with Gasteiger partial charge in [-0.15, -0.1) is 13.2 Å². The van der Waals surface area contributed by atoms with Crippen LogP contribution in [0.3, 0.4) is 0 Å². The van der Waals surface area contributed by atoms with Gasteiger partial charge in [-0.2, -0.15) is 0 Å². The Morgan fingerprint density at radius 1 is 0.930 bits per heavy atom. The monoisotopic (exact) mass is 594 g/mol. The Morgan fingerprint density at radius 2 is 1.65 bits per heavy atom. The molecule has 1 saturated heterocycles. The van der Waals surface area contributed by atoms with E-state index in [2.05, 4.69) is 14.8 Å². The zero-order chi connectivity index (χ0) is 30.0. The Hall–Kier alpha value is -4.51. The summed E-state index contributed by atoms with van der Waals surface area (Å²) in [6, 6.07) is 20.8. The SMILES string of the molecule is O=C(O)Oc1ccc(N2CCC(OCc3c(-c4ccccc4OC(F)(F)F)noc3C3CC3)CC2)cc1-c1ccccc1. The number of alkyl halides is 3. The van der Waals surface area contributed by atoms with Gasteiger partial charge < -0.3 is 28.7 Å². The molecule has 1 N–H and O–H groups in total. The molecule has 43 heavy (non-hydrogen) atoms. The molecule has 0 amide bonds. The average molecular weight is 595 g/mol. The number of para-hydroxylation sites is 1. The van der Waals surface area contributed by atoms with Crippen LogP contribution < -0.4 is 14.4 Å². The number of carbonyl (C=O) groups is 1. The van der Waals surface area contributed by atoms with Crippen LogP contribution in [-0.4, -0.2) is 42.0 Å². The van der Waals surface area contributed by atoms with Gasteiger partial charge in [0, 0.05) is 41.4 Å². The molecule has 2 heterocycles. The van der Waals surface area contributed by atoms with Crippen molar-refractivity contribution in [2.24, 2.45) is 0 Å². The van der Waals surface area contributed by atoms with Crippen LogP contribution >= 0.6 is 0 Å². The summed E-state index contributed by atoms with van der Waals surface area (Å²) in [6.45, 7) is 1.56. The quantitative estimate of drug-likeness (QED) is 0.154. The summed E-state index contributed by atoms with van der Waals surface area (Å²) in [4.78, 5) is 13.5. The summed E-state index contributed by atoms with van der Waals surface area (Å²) in [5.74, 6) is 0.768. The zero-order valence-electron chi connectivity index (χ0n) is 23.0. The highest BCUT2D eigenvalue weighted by Crippen LogP contribution is 2.46. The van der Waals surface area contributed by atoms with Gasteiger partial charge in [-0.1, -0.05) is 47.6 Å². The van der Waals surface area contributed by atoms with Crippen molar-refractivity contribution in [2.45, 2.75) is 50.7 Å². The molecule has 6 rings (SSSR count). The van der Waals surface area contributed by atoms with Crippen molar-refractivity contribution >= 4 is 11.8 Å². The molecule has 1 aliphatic carbocycles. The van der Waals surface area contributed by atoms with Crippen LogP contribution in [0.2, 0.25) is 0 Å². The van der Waals surface area contributed by atoms with E-state index in [1.807, 2.05) is 42.5 Å². The molecule has 0 bridgehead atoms. The normalized spacial score (nSPS) is 15.8. The zero-order valence-corrected chi connectivity index (χ0v) is 23.0. The van der Waals surface area contributed by atoms with Crippen LogP contribution in [0, 0.1) is 0 Å². The van der Waals surface area contributed by atoms with E-state index in [0.717, 1.165) is 36.9 Å². The Kier molecular flexibility index (Phi) is 7.98. The van der Waals surface area contributed by atoms with Gasteiger partial charge in [-0.05, 0) is 61.6 Å². The van der Waals surface area contributed by atoms with E-state index in [1.165, 1.54) is 18.2 Å². The van der Waals surface area contributed by atoms with E-state index in [0.29, 0.717) is 35.7 Å². The van der Waals surface area contributed by atoms with Gasteiger partial charge in [0.25, 0.3) is 0 Å². The summed E-state index contributed by atoms with van der Waals surface area (Å²) < 4.78 is 60.5. The maximum Gasteiger partial charge on any atom is 0.573 e. The second-order valence-corrected chi connectivity index (χ2v) is 10.6. The lowest BCUT2D eigenvalue weighted by molar-refractivity contribution is -0.274. The van der Waals surface area contributed by atoms with Crippen molar-refractivity contribution in [3.8, 4) is 33.9 Å². The fourth-order valence-corrected chi connectivity index (χ4v) is 5.44.